The summed E-state index contributed by atoms with van der Waals surface area (Å²) in [7, 11) is -0.759. The molecule has 0 bridgehead atoms. The number of benzene rings is 2. The summed E-state index contributed by atoms with van der Waals surface area (Å²) in [5.41, 5.74) is 1.18. The van der Waals surface area contributed by atoms with Crippen LogP contribution in [0.4, 0.5) is 0 Å². The first kappa shape index (κ1) is 26.3. The lowest BCUT2D eigenvalue weighted by atomic mass is 10.2. The molecule has 0 fully saturated rings. The van der Waals surface area contributed by atoms with Crippen molar-refractivity contribution in [2.75, 3.05) is 40.5 Å². The van der Waals surface area contributed by atoms with E-state index in [-0.39, 0.29) is 36.8 Å². The van der Waals surface area contributed by atoms with E-state index in [1.165, 1.54) is 54.1 Å². The largest absolute Gasteiger partial charge is 0.383 e. The molecule has 182 valence electrons. The lowest BCUT2D eigenvalue weighted by Gasteiger charge is -2.21. The highest BCUT2D eigenvalue weighted by Crippen LogP contribution is 2.22. The number of carbonyl (C=O) groups excluding carboxylic acids is 1. The Morgan fingerprint density at radius 2 is 1.79 bits per heavy atom. The monoisotopic (exact) mass is 523 g/mol. The standard InChI is InChI=1S/C23H26ClN3O5S2/c1-4-11-27-20-10-7-18(24)16-21(20)33-23(27)25-22(28)17-5-8-19(9-6-17)34(29,30)26(12-14-31-2)13-15-32-3/h4-10,16H,1,11-15H2,2-3H3. The van der Waals surface area contributed by atoms with Gasteiger partial charge in [-0.3, -0.25) is 4.79 Å². The third-order valence-electron chi connectivity index (χ3n) is 4.98. The molecule has 0 N–H and O–H groups in total. The van der Waals surface area contributed by atoms with Crippen molar-refractivity contribution in [3.8, 4) is 0 Å². The van der Waals surface area contributed by atoms with Crippen molar-refractivity contribution >= 4 is 49.1 Å². The number of ether oxygens (including phenoxy) is 2. The maximum absolute atomic E-state index is 13.0. The molecule has 0 saturated heterocycles. The van der Waals surface area contributed by atoms with Crippen molar-refractivity contribution in [2.24, 2.45) is 4.99 Å². The van der Waals surface area contributed by atoms with E-state index in [0.29, 0.717) is 16.4 Å². The van der Waals surface area contributed by atoms with Crippen LogP contribution >= 0.6 is 22.9 Å². The minimum Gasteiger partial charge on any atom is -0.383 e. The van der Waals surface area contributed by atoms with Crippen LogP contribution in [0, 0.1) is 0 Å². The number of fused-ring (bicyclic) bond motifs is 1. The number of rotatable bonds is 11. The summed E-state index contributed by atoms with van der Waals surface area (Å²) in [5, 5.41) is 0.596. The molecule has 1 aromatic heterocycles. The zero-order valence-corrected chi connectivity index (χ0v) is 21.3. The Morgan fingerprint density at radius 3 is 2.38 bits per heavy atom. The van der Waals surface area contributed by atoms with Crippen molar-refractivity contribution in [1.29, 1.82) is 0 Å². The van der Waals surface area contributed by atoms with E-state index in [1.54, 1.807) is 12.1 Å². The second-order valence-electron chi connectivity index (χ2n) is 7.23. The number of allylic oxidation sites excluding steroid dienone is 1. The predicted molar refractivity (Wildman–Crippen MR) is 134 cm³/mol. The van der Waals surface area contributed by atoms with Crippen LogP contribution in [0.3, 0.4) is 0 Å². The van der Waals surface area contributed by atoms with E-state index in [2.05, 4.69) is 11.6 Å². The summed E-state index contributed by atoms with van der Waals surface area (Å²) < 4.78 is 40.2. The van der Waals surface area contributed by atoms with Gasteiger partial charge in [-0.25, -0.2) is 8.42 Å². The van der Waals surface area contributed by atoms with Gasteiger partial charge in [0.2, 0.25) is 10.0 Å². The summed E-state index contributed by atoms with van der Waals surface area (Å²) in [4.78, 5) is 17.7. The first-order valence-corrected chi connectivity index (χ1v) is 13.0. The lowest BCUT2D eigenvalue weighted by Crippen LogP contribution is -2.36. The number of nitrogens with zero attached hydrogens (tertiary/aromatic N) is 3. The molecule has 0 saturated carbocycles. The van der Waals surface area contributed by atoms with E-state index >= 15 is 0 Å². The van der Waals surface area contributed by atoms with Gasteiger partial charge >= 0.3 is 0 Å². The normalized spacial score (nSPS) is 12.5. The maximum atomic E-state index is 13.0. The number of amides is 1. The summed E-state index contributed by atoms with van der Waals surface area (Å²) in [6, 6.07) is 11.2. The smallest absolute Gasteiger partial charge is 0.279 e. The molecule has 0 radical (unpaired) electrons. The molecular formula is C23H26ClN3O5S2. The van der Waals surface area contributed by atoms with Crippen LogP contribution in [-0.4, -0.2) is 63.7 Å². The summed E-state index contributed by atoms with van der Waals surface area (Å²) in [5.74, 6) is -0.477. The highest BCUT2D eigenvalue weighted by atomic mass is 35.5. The molecule has 1 amide bonds. The first-order chi connectivity index (χ1) is 16.3. The van der Waals surface area contributed by atoms with Gasteiger partial charge < -0.3 is 14.0 Å². The summed E-state index contributed by atoms with van der Waals surface area (Å²) in [6.45, 7) is 5.14. The number of hydrogen-bond acceptors (Lipinski definition) is 6. The summed E-state index contributed by atoms with van der Waals surface area (Å²) in [6.07, 6.45) is 1.73. The molecule has 1 heterocycles. The van der Waals surface area contributed by atoms with Crippen LogP contribution in [0.25, 0.3) is 10.2 Å². The molecule has 3 aromatic rings. The molecule has 0 aliphatic carbocycles. The molecule has 0 spiro atoms. The number of thiazole rings is 1. The average Bonchev–Trinajstić information content (AvgIpc) is 3.15. The van der Waals surface area contributed by atoms with E-state index in [9.17, 15) is 13.2 Å². The van der Waals surface area contributed by atoms with Crippen molar-refractivity contribution in [3.05, 3.63) is 70.5 Å². The molecule has 0 aliphatic heterocycles. The molecular weight excluding hydrogens is 498 g/mol. The third kappa shape index (κ3) is 6.01. The van der Waals surface area contributed by atoms with Gasteiger partial charge in [-0.15, -0.1) is 6.58 Å². The van der Waals surface area contributed by atoms with Crippen molar-refractivity contribution in [1.82, 2.24) is 8.87 Å². The fourth-order valence-corrected chi connectivity index (χ4v) is 5.97. The van der Waals surface area contributed by atoms with Crippen LogP contribution in [0.5, 0.6) is 0 Å². The van der Waals surface area contributed by atoms with Crippen LogP contribution in [0.2, 0.25) is 5.02 Å². The zero-order chi connectivity index (χ0) is 24.7. The van der Waals surface area contributed by atoms with Crippen molar-refractivity contribution in [2.45, 2.75) is 11.4 Å². The summed E-state index contributed by atoms with van der Waals surface area (Å²) >= 11 is 7.45. The Kier molecular flexibility index (Phi) is 9.17. The van der Waals surface area contributed by atoms with Crippen LogP contribution < -0.4 is 4.80 Å². The number of hydrogen-bond donors (Lipinski definition) is 0. The quantitative estimate of drug-likeness (QED) is 0.358. The van der Waals surface area contributed by atoms with Crippen LogP contribution in [-0.2, 0) is 26.0 Å². The molecule has 3 rings (SSSR count). The molecule has 0 atom stereocenters. The van der Waals surface area contributed by atoms with Gasteiger partial charge in [-0.2, -0.15) is 9.30 Å². The fraction of sp³-hybridized carbons (Fsp3) is 0.304. The molecule has 11 heteroatoms. The Hall–Kier alpha value is -2.34. The SMILES string of the molecule is C=CCn1c(=NC(=O)c2ccc(S(=O)(=O)N(CCOC)CCOC)cc2)sc2cc(Cl)ccc21. The molecule has 2 aromatic carbocycles. The van der Waals surface area contributed by atoms with E-state index in [0.717, 1.165) is 10.2 Å². The minimum absolute atomic E-state index is 0.0782. The Bertz CT molecular complexity index is 1320. The zero-order valence-electron chi connectivity index (χ0n) is 18.9. The third-order valence-corrected chi connectivity index (χ3v) is 8.17. The van der Waals surface area contributed by atoms with Gasteiger partial charge in [0.15, 0.2) is 4.80 Å². The molecule has 0 aliphatic rings. The first-order valence-electron chi connectivity index (χ1n) is 10.4. The second kappa shape index (κ2) is 11.9. The highest BCUT2D eigenvalue weighted by Gasteiger charge is 2.24. The lowest BCUT2D eigenvalue weighted by molar-refractivity contribution is 0.0997. The van der Waals surface area contributed by atoms with Crippen LogP contribution in [0.1, 0.15) is 10.4 Å². The van der Waals surface area contributed by atoms with Crippen molar-refractivity contribution < 1.29 is 22.7 Å². The van der Waals surface area contributed by atoms with Crippen LogP contribution in [0.15, 0.2) is 65.0 Å². The Labute approximate surface area is 207 Å². The predicted octanol–water partition coefficient (Wildman–Crippen LogP) is 3.57. The Morgan fingerprint density at radius 1 is 1.15 bits per heavy atom. The Balaban J connectivity index is 1.91. The topological polar surface area (TPSA) is 90.2 Å². The van der Waals surface area contributed by atoms with Gasteiger partial charge in [0.25, 0.3) is 5.91 Å². The molecule has 34 heavy (non-hydrogen) atoms. The van der Waals surface area contributed by atoms with Gasteiger partial charge in [0.1, 0.15) is 0 Å². The van der Waals surface area contributed by atoms with E-state index in [4.69, 9.17) is 21.1 Å². The average molecular weight is 524 g/mol. The van der Waals surface area contributed by atoms with E-state index < -0.39 is 15.9 Å². The molecule has 8 nitrogen and oxygen atoms in total. The van der Waals surface area contributed by atoms with Crippen molar-refractivity contribution in [3.63, 3.8) is 0 Å². The fourth-order valence-electron chi connectivity index (χ4n) is 3.25. The number of aromatic nitrogens is 1. The van der Waals surface area contributed by atoms with Gasteiger partial charge in [-0.05, 0) is 42.5 Å². The number of halogens is 1. The number of methoxy groups -OCH3 is 2. The van der Waals surface area contributed by atoms with Gasteiger partial charge in [0.05, 0.1) is 28.3 Å². The number of carbonyl (C=O) groups is 1. The maximum Gasteiger partial charge on any atom is 0.279 e. The molecule has 0 unspecified atom stereocenters. The van der Waals surface area contributed by atoms with E-state index in [1.807, 2.05) is 16.7 Å². The highest BCUT2D eigenvalue weighted by molar-refractivity contribution is 7.89. The number of sulfonamides is 1. The van der Waals surface area contributed by atoms with Gasteiger partial charge in [0, 0.05) is 44.4 Å². The van der Waals surface area contributed by atoms with Gasteiger partial charge in [-0.1, -0.05) is 29.0 Å². The second-order valence-corrected chi connectivity index (χ2v) is 10.6. The minimum atomic E-state index is -3.78.